The molecule has 0 fully saturated rings. The van der Waals surface area contributed by atoms with Crippen molar-refractivity contribution < 1.29 is 13.9 Å². The Balaban J connectivity index is 2.30. The van der Waals surface area contributed by atoms with E-state index in [0.29, 0.717) is 18.7 Å². The molecule has 22 heavy (non-hydrogen) atoms. The summed E-state index contributed by atoms with van der Waals surface area (Å²) in [6.45, 7) is 3.46. The predicted octanol–water partition coefficient (Wildman–Crippen LogP) is 2.79. The number of rotatable bonds is 11. The first-order valence-corrected chi connectivity index (χ1v) is 8.05. The summed E-state index contributed by atoms with van der Waals surface area (Å²) in [4.78, 5) is 11.8. The van der Waals surface area contributed by atoms with Gasteiger partial charge < -0.3 is 15.8 Å². The van der Waals surface area contributed by atoms with E-state index in [1.165, 1.54) is 25.3 Å². The second-order valence-corrected chi connectivity index (χ2v) is 5.34. The monoisotopic (exact) mass is 310 g/mol. The number of benzene rings is 1. The van der Waals surface area contributed by atoms with Crippen LogP contribution in [-0.4, -0.2) is 25.6 Å². The number of hydrogen-bond acceptors (Lipinski definition) is 3. The molecule has 4 nitrogen and oxygen atoms in total. The molecule has 0 spiro atoms. The summed E-state index contributed by atoms with van der Waals surface area (Å²) in [7, 11) is 0. The maximum Gasteiger partial charge on any atom is 0.224 e. The van der Waals surface area contributed by atoms with Crippen LogP contribution in [0, 0.1) is 5.82 Å². The summed E-state index contributed by atoms with van der Waals surface area (Å²) >= 11 is 0. The highest BCUT2D eigenvalue weighted by molar-refractivity contribution is 5.78. The summed E-state index contributed by atoms with van der Waals surface area (Å²) in [5.74, 6) is -0.366. The number of carbonyl (C=O) groups excluding carboxylic acids is 1. The van der Waals surface area contributed by atoms with Gasteiger partial charge in [0.2, 0.25) is 5.91 Å². The minimum atomic E-state index is -0.460. The van der Waals surface area contributed by atoms with Crippen molar-refractivity contribution in [1.82, 2.24) is 5.32 Å². The lowest BCUT2D eigenvalue weighted by molar-refractivity contribution is -0.120. The average Bonchev–Trinajstić information content (AvgIpc) is 2.50. The Morgan fingerprint density at radius 2 is 2.05 bits per heavy atom. The van der Waals surface area contributed by atoms with Crippen LogP contribution in [0.2, 0.25) is 0 Å². The summed E-state index contributed by atoms with van der Waals surface area (Å²) in [6.07, 6.45) is 5.97. The van der Waals surface area contributed by atoms with Gasteiger partial charge in [-0.05, 0) is 24.1 Å². The first-order chi connectivity index (χ1) is 10.7. The van der Waals surface area contributed by atoms with Gasteiger partial charge in [0.1, 0.15) is 6.61 Å². The van der Waals surface area contributed by atoms with Gasteiger partial charge in [0, 0.05) is 13.1 Å². The number of nitrogens with two attached hydrogens (primary N) is 1. The van der Waals surface area contributed by atoms with Crippen molar-refractivity contribution in [3.8, 4) is 5.75 Å². The highest BCUT2D eigenvalue weighted by atomic mass is 19.1. The molecule has 0 unspecified atom stereocenters. The van der Waals surface area contributed by atoms with Gasteiger partial charge in [-0.15, -0.1) is 0 Å². The number of amides is 1. The van der Waals surface area contributed by atoms with Crippen LogP contribution in [-0.2, 0) is 11.2 Å². The van der Waals surface area contributed by atoms with Crippen LogP contribution in [0.25, 0.3) is 0 Å². The Morgan fingerprint density at radius 1 is 1.27 bits per heavy atom. The van der Waals surface area contributed by atoms with Gasteiger partial charge in [-0.3, -0.25) is 4.79 Å². The smallest absolute Gasteiger partial charge is 0.224 e. The molecular weight excluding hydrogens is 283 g/mol. The van der Waals surface area contributed by atoms with Crippen LogP contribution in [0.4, 0.5) is 4.39 Å². The molecule has 0 radical (unpaired) electrons. The molecule has 1 aromatic carbocycles. The average molecular weight is 310 g/mol. The van der Waals surface area contributed by atoms with E-state index < -0.39 is 5.82 Å². The molecule has 0 saturated carbocycles. The lowest BCUT2D eigenvalue weighted by atomic mass is 10.1. The van der Waals surface area contributed by atoms with Gasteiger partial charge in [0.25, 0.3) is 0 Å². The second kappa shape index (κ2) is 11.0. The first kappa shape index (κ1) is 18.4. The van der Waals surface area contributed by atoms with Gasteiger partial charge in [-0.25, -0.2) is 4.39 Å². The maximum absolute atomic E-state index is 13.8. The van der Waals surface area contributed by atoms with Crippen molar-refractivity contribution in [2.45, 2.75) is 45.4 Å². The minimum Gasteiger partial charge on any atom is -0.489 e. The zero-order chi connectivity index (χ0) is 16.2. The molecule has 0 bridgehead atoms. The number of carbonyl (C=O) groups is 1. The largest absolute Gasteiger partial charge is 0.489 e. The van der Waals surface area contributed by atoms with Crippen molar-refractivity contribution in [3.05, 3.63) is 29.6 Å². The molecule has 1 amide bonds. The molecule has 0 heterocycles. The summed E-state index contributed by atoms with van der Waals surface area (Å²) in [6, 6.07) is 4.58. The van der Waals surface area contributed by atoms with Crippen molar-refractivity contribution >= 4 is 5.91 Å². The van der Waals surface area contributed by atoms with Gasteiger partial charge in [0.15, 0.2) is 11.6 Å². The van der Waals surface area contributed by atoms with E-state index in [4.69, 9.17) is 10.5 Å². The van der Waals surface area contributed by atoms with E-state index in [2.05, 4.69) is 12.2 Å². The molecular formula is C17H27FN2O2. The lowest BCUT2D eigenvalue weighted by Crippen LogP contribution is -2.26. The van der Waals surface area contributed by atoms with Gasteiger partial charge in [0.05, 0.1) is 6.42 Å². The molecule has 3 N–H and O–H groups in total. The predicted molar refractivity (Wildman–Crippen MR) is 86.4 cm³/mol. The van der Waals surface area contributed by atoms with Crippen molar-refractivity contribution in [1.29, 1.82) is 0 Å². The molecule has 0 aromatic heterocycles. The van der Waals surface area contributed by atoms with E-state index in [-0.39, 0.29) is 24.7 Å². The van der Waals surface area contributed by atoms with Gasteiger partial charge >= 0.3 is 0 Å². The Bertz CT molecular complexity index is 452. The van der Waals surface area contributed by atoms with E-state index in [1.54, 1.807) is 12.1 Å². The highest BCUT2D eigenvalue weighted by Crippen LogP contribution is 2.18. The van der Waals surface area contributed by atoms with Crippen molar-refractivity contribution in [2.75, 3.05) is 19.7 Å². The van der Waals surface area contributed by atoms with Crippen LogP contribution in [0.5, 0.6) is 5.75 Å². The van der Waals surface area contributed by atoms with Crippen LogP contribution >= 0.6 is 0 Å². The molecule has 1 rings (SSSR count). The Labute approximate surface area is 132 Å². The highest BCUT2D eigenvalue weighted by Gasteiger charge is 2.08. The normalized spacial score (nSPS) is 10.5. The number of nitrogens with one attached hydrogen (secondary N) is 1. The van der Waals surface area contributed by atoms with Crippen LogP contribution in [0.1, 0.15) is 44.6 Å². The number of unbranched alkanes of at least 4 members (excludes halogenated alkanes) is 4. The maximum atomic E-state index is 13.8. The fraction of sp³-hybridized carbons (Fsp3) is 0.588. The van der Waals surface area contributed by atoms with Crippen molar-refractivity contribution in [3.63, 3.8) is 0 Å². The second-order valence-electron chi connectivity index (χ2n) is 5.34. The number of hydrogen-bond donors (Lipinski definition) is 2. The molecule has 124 valence electrons. The molecule has 0 aliphatic rings. The van der Waals surface area contributed by atoms with E-state index >= 15 is 0 Å². The fourth-order valence-corrected chi connectivity index (χ4v) is 2.14. The quantitative estimate of drug-likeness (QED) is 0.618. The Hall–Kier alpha value is -1.62. The zero-order valence-electron chi connectivity index (χ0n) is 13.4. The first-order valence-electron chi connectivity index (χ1n) is 8.05. The molecule has 0 saturated heterocycles. The molecule has 1 aromatic rings. The van der Waals surface area contributed by atoms with E-state index in [9.17, 15) is 9.18 Å². The van der Waals surface area contributed by atoms with E-state index in [0.717, 1.165) is 12.8 Å². The topological polar surface area (TPSA) is 64.3 Å². The number of halogens is 1. The van der Waals surface area contributed by atoms with E-state index in [1.807, 2.05) is 0 Å². The third-order valence-electron chi connectivity index (χ3n) is 3.34. The fourth-order valence-electron chi connectivity index (χ4n) is 2.14. The van der Waals surface area contributed by atoms with Gasteiger partial charge in [-0.1, -0.05) is 38.7 Å². The molecule has 0 aliphatic heterocycles. The Morgan fingerprint density at radius 3 is 2.73 bits per heavy atom. The third kappa shape index (κ3) is 7.41. The number of ether oxygens (including phenoxy) is 1. The molecule has 5 heteroatoms. The molecule has 0 aliphatic carbocycles. The summed E-state index contributed by atoms with van der Waals surface area (Å²) < 4.78 is 18.9. The standard InChI is InChI=1S/C17H27FN2O2/c1-2-3-4-5-6-10-20-17(21)13-14-7-8-16(15(18)12-14)22-11-9-19/h7-8,12H,2-6,9-11,13,19H2,1H3,(H,20,21). The SMILES string of the molecule is CCCCCCCNC(=O)Cc1ccc(OCCN)c(F)c1. The Kier molecular flexibility index (Phi) is 9.23. The third-order valence-corrected chi connectivity index (χ3v) is 3.34. The van der Waals surface area contributed by atoms with Gasteiger partial charge in [-0.2, -0.15) is 0 Å². The lowest BCUT2D eigenvalue weighted by Gasteiger charge is -2.08. The summed E-state index contributed by atoms with van der Waals surface area (Å²) in [5, 5.41) is 2.87. The van der Waals surface area contributed by atoms with Crippen molar-refractivity contribution in [2.24, 2.45) is 5.73 Å². The van der Waals surface area contributed by atoms with Crippen LogP contribution in [0.3, 0.4) is 0 Å². The zero-order valence-corrected chi connectivity index (χ0v) is 13.4. The minimum absolute atomic E-state index is 0.0782. The van der Waals surface area contributed by atoms with Crippen LogP contribution < -0.4 is 15.8 Å². The molecule has 0 atom stereocenters. The summed E-state index contributed by atoms with van der Waals surface area (Å²) in [5.41, 5.74) is 5.95. The van der Waals surface area contributed by atoms with Crippen LogP contribution in [0.15, 0.2) is 18.2 Å².